The fourth-order valence-electron chi connectivity index (χ4n) is 2.94. The number of rotatable bonds is 5. The molecule has 0 aliphatic rings. The van der Waals surface area contributed by atoms with Crippen molar-refractivity contribution in [1.29, 1.82) is 5.26 Å². The summed E-state index contributed by atoms with van der Waals surface area (Å²) in [5.74, 6) is -0.576. The molecular formula is C22H19FN4O. The Hall–Kier alpha value is -3.72. The largest absolute Gasteiger partial charge is 0.346 e. The van der Waals surface area contributed by atoms with Gasteiger partial charge in [-0.15, -0.1) is 0 Å². The monoisotopic (exact) mass is 374 g/mol. The van der Waals surface area contributed by atoms with Gasteiger partial charge in [0.05, 0.1) is 29.6 Å². The second-order valence-electron chi connectivity index (χ2n) is 6.34. The molecule has 3 aromatic rings. The van der Waals surface area contributed by atoms with Gasteiger partial charge >= 0.3 is 0 Å². The van der Waals surface area contributed by atoms with Crippen molar-refractivity contribution in [2.75, 3.05) is 0 Å². The first-order valence-corrected chi connectivity index (χ1v) is 8.77. The Bertz CT molecular complexity index is 1060. The van der Waals surface area contributed by atoms with Gasteiger partial charge < -0.3 is 5.32 Å². The second kappa shape index (κ2) is 8.31. The van der Waals surface area contributed by atoms with E-state index >= 15 is 0 Å². The number of amides is 1. The van der Waals surface area contributed by atoms with Crippen LogP contribution < -0.4 is 5.32 Å². The van der Waals surface area contributed by atoms with Crippen molar-refractivity contribution in [3.63, 3.8) is 0 Å². The lowest BCUT2D eigenvalue weighted by Crippen LogP contribution is -2.25. The summed E-state index contributed by atoms with van der Waals surface area (Å²) < 4.78 is 14.8. The quantitative estimate of drug-likeness (QED) is 0.684. The topological polar surface area (TPSA) is 70.7 Å². The van der Waals surface area contributed by atoms with Crippen LogP contribution in [0, 0.1) is 24.1 Å². The lowest BCUT2D eigenvalue weighted by atomic mass is 10.1. The van der Waals surface area contributed by atoms with Gasteiger partial charge in [0.25, 0.3) is 0 Å². The summed E-state index contributed by atoms with van der Waals surface area (Å²) in [5.41, 5.74) is 3.67. The van der Waals surface area contributed by atoms with E-state index < -0.39 is 0 Å². The van der Waals surface area contributed by atoms with E-state index in [-0.39, 0.29) is 17.8 Å². The van der Waals surface area contributed by atoms with E-state index in [0.717, 1.165) is 16.9 Å². The Balaban J connectivity index is 1.72. The Labute approximate surface area is 162 Å². The van der Waals surface area contributed by atoms with Crippen LogP contribution in [-0.4, -0.2) is 15.7 Å². The maximum absolute atomic E-state index is 13.1. The number of hydrogen-bond acceptors (Lipinski definition) is 3. The van der Waals surface area contributed by atoms with E-state index in [1.165, 1.54) is 18.2 Å². The Morgan fingerprint density at radius 3 is 2.68 bits per heavy atom. The number of hydrogen-bond donors (Lipinski definition) is 1. The van der Waals surface area contributed by atoms with E-state index in [9.17, 15) is 9.18 Å². The van der Waals surface area contributed by atoms with Crippen LogP contribution in [0.4, 0.5) is 4.39 Å². The second-order valence-corrected chi connectivity index (χ2v) is 6.34. The van der Waals surface area contributed by atoms with Crippen molar-refractivity contribution in [2.45, 2.75) is 19.9 Å². The molecule has 1 atom stereocenters. The van der Waals surface area contributed by atoms with Crippen molar-refractivity contribution >= 4 is 12.0 Å². The highest BCUT2D eigenvalue weighted by atomic mass is 19.1. The van der Waals surface area contributed by atoms with Gasteiger partial charge in [-0.05, 0) is 55.8 Å². The van der Waals surface area contributed by atoms with Gasteiger partial charge in [0.2, 0.25) is 5.91 Å². The lowest BCUT2D eigenvalue weighted by Gasteiger charge is -2.13. The molecule has 5 nitrogen and oxygen atoms in total. The fraction of sp³-hybridized carbons (Fsp3) is 0.136. The van der Waals surface area contributed by atoms with Crippen LogP contribution in [0.3, 0.4) is 0 Å². The first-order valence-electron chi connectivity index (χ1n) is 8.77. The van der Waals surface area contributed by atoms with Crippen LogP contribution in [0.2, 0.25) is 0 Å². The van der Waals surface area contributed by atoms with E-state index in [1.54, 1.807) is 47.3 Å². The number of carbonyl (C=O) groups is 1. The van der Waals surface area contributed by atoms with Crippen molar-refractivity contribution in [3.8, 4) is 11.8 Å². The molecule has 6 heteroatoms. The predicted molar refractivity (Wildman–Crippen MR) is 105 cm³/mol. The fourth-order valence-corrected chi connectivity index (χ4v) is 2.94. The highest BCUT2D eigenvalue weighted by molar-refractivity contribution is 5.92. The molecule has 140 valence electrons. The summed E-state index contributed by atoms with van der Waals surface area (Å²) in [5, 5.41) is 16.4. The minimum absolute atomic E-state index is 0.266. The molecule has 0 fully saturated rings. The minimum atomic E-state index is -0.306. The Morgan fingerprint density at radius 1 is 1.25 bits per heavy atom. The molecule has 28 heavy (non-hydrogen) atoms. The lowest BCUT2D eigenvalue weighted by molar-refractivity contribution is -0.117. The number of nitrogens with zero attached hydrogens (tertiary/aromatic N) is 3. The molecule has 1 aromatic heterocycles. The molecule has 1 amide bonds. The number of halogens is 1. The van der Waals surface area contributed by atoms with Crippen LogP contribution in [-0.2, 0) is 4.79 Å². The third kappa shape index (κ3) is 4.15. The van der Waals surface area contributed by atoms with Crippen LogP contribution in [0.5, 0.6) is 0 Å². The zero-order valence-electron chi connectivity index (χ0n) is 15.6. The zero-order chi connectivity index (χ0) is 20.1. The highest BCUT2D eigenvalue weighted by Crippen LogP contribution is 2.20. The molecule has 0 radical (unpaired) electrons. The van der Waals surface area contributed by atoms with Crippen molar-refractivity contribution < 1.29 is 9.18 Å². The highest BCUT2D eigenvalue weighted by Gasteiger charge is 2.15. The van der Waals surface area contributed by atoms with Gasteiger partial charge in [-0.2, -0.15) is 10.4 Å². The van der Waals surface area contributed by atoms with Gasteiger partial charge in [0.15, 0.2) is 0 Å². The van der Waals surface area contributed by atoms with Crippen molar-refractivity contribution in [3.05, 3.63) is 89.0 Å². The van der Waals surface area contributed by atoms with E-state index in [0.29, 0.717) is 11.1 Å². The number of carbonyl (C=O) groups excluding carboxylic acids is 1. The standard InChI is InChI=1S/C22H19FN4O/c1-15(26-22(28)12-7-17-5-3-4-6-18(17)13-24)21-14-25-27(16(21)2)20-10-8-19(23)9-11-20/h3-12,14-15H,1-2H3,(H,26,28)/b12-7+. The SMILES string of the molecule is Cc1c(C(C)NC(=O)/C=C/c2ccccc2C#N)cnn1-c1ccc(F)cc1. The summed E-state index contributed by atoms with van der Waals surface area (Å²) >= 11 is 0. The summed E-state index contributed by atoms with van der Waals surface area (Å²) in [6.45, 7) is 3.77. The average Bonchev–Trinajstić information content (AvgIpc) is 3.08. The predicted octanol–water partition coefficient (Wildman–Crippen LogP) is 4.08. The summed E-state index contributed by atoms with van der Waals surface area (Å²) in [4.78, 5) is 12.3. The van der Waals surface area contributed by atoms with Crippen LogP contribution in [0.15, 0.2) is 60.8 Å². The van der Waals surface area contributed by atoms with Crippen molar-refractivity contribution in [2.24, 2.45) is 0 Å². The van der Waals surface area contributed by atoms with E-state index in [4.69, 9.17) is 5.26 Å². The van der Waals surface area contributed by atoms with Crippen LogP contribution >= 0.6 is 0 Å². The maximum Gasteiger partial charge on any atom is 0.244 e. The number of aromatic nitrogens is 2. The van der Waals surface area contributed by atoms with Gasteiger partial charge in [-0.1, -0.05) is 18.2 Å². The molecule has 3 rings (SSSR count). The van der Waals surface area contributed by atoms with Gasteiger partial charge in [0.1, 0.15) is 5.82 Å². The molecule has 2 aromatic carbocycles. The van der Waals surface area contributed by atoms with Crippen LogP contribution in [0.1, 0.15) is 35.3 Å². The first kappa shape index (κ1) is 19.1. The average molecular weight is 374 g/mol. The van der Waals surface area contributed by atoms with E-state index in [1.807, 2.05) is 19.9 Å². The molecule has 0 aliphatic carbocycles. The molecule has 0 saturated heterocycles. The molecule has 0 spiro atoms. The van der Waals surface area contributed by atoms with Gasteiger partial charge in [0, 0.05) is 17.3 Å². The Kier molecular flexibility index (Phi) is 5.66. The molecule has 0 saturated carbocycles. The molecule has 1 N–H and O–H groups in total. The number of benzene rings is 2. The summed E-state index contributed by atoms with van der Waals surface area (Å²) in [6.07, 6.45) is 4.72. The van der Waals surface area contributed by atoms with Crippen molar-refractivity contribution in [1.82, 2.24) is 15.1 Å². The zero-order valence-corrected chi connectivity index (χ0v) is 15.6. The smallest absolute Gasteiger partial charge is 0.244 e. The summed E-state index contributed by atoms with van der Waals surface area (Å²) in [7, 11) is 0. The third-order valence-corrected chi connectivity index (χ3v) is 4.44. The molecule has 0 aliphatic heterocycles. The molecule has 0 bridgehead atoms. The van der Waals surface area contributed by atoms with Crippen LogP contribution in [0.25, 0.3) is 11.8 Å². The number of nitrogens with one attached hydrogen (secondary N) is 1. The molecule has 1 heterocycles. The minimum Gasteiger partial charge on any atom is -0.346 e. The Morgan fingerprint density at radius 2 is 1.96 bits per heavy atom. The van der Waals surface area contributed by atoms with Gasteiger partial charge in [-0.3, -0.25) is 4.79 Å². The van der Waals surface area contributed by atoms with Gasteiger partial charge in [-0.25, -0.2) is 9.07 Å². The normalized spacial score (nSPS) is 11.9. The molecule has 1 unspecified atom stereocenters. The molecular weight excluding hydrogens is 355 g/mol. The summed E-state index contributed by atoms with van der Waals surface area (Å²) in [6, 6.07) is 15.0. The maximum atomic E-state index is 13.1. The first-order chi connectivity index (χ1) is 13.5. The van der Waals surface area contributed by atoms with E-state index in [2.05, 4.69) is 16.5 Å². The third-order valence-electron chi connectivity index (χ3n) is 4.44. The number of nitriles is 1.